The number of nitrogens with one attached hydrogen (secondary N) is 1. The largest absolute Gasteiger partial charge is 0.497 e. The highest BCUT2D eigenvalue weighted by molar-refractivity contribution is 5.83. The minimum absolute atomic E-state index is 0.0412. The molecule has 2 aromatic rings. The van der Waals surface area contributed by atoms with Gasteiger partial charge in [-0.3, -0.25) is 4.98 Å². The summed E-state index contributed by atoms with van der Waals surface area (Å²) in [5.74, 6) is 0.767. The molecule has 7 heteroatoms. The normalized spacial score (nSPS) is 20.9. The summed E-state index contributed by atoms with van der Waals surface area (Å²) in [5, 5.41) is 4.02. The first-order chi connectivity index (χ1) is 13.7. The molecule has 0 spiro atoms. The molecule has 0 saturated carbocycles. The van der Waals surface area contributed by atoms with E-state index < -0.39 is 11.7 Å². The third kappa shape index (κ3) is 5.81. The van der Waals surface area contributed by atoms with Gasteiger partial charge < -0.3 is 25.3 Å². The SMILES string of the molecule is COc1ccc2nccc(C[C@H](NC(=O)OC(C)(C)C)[C@@H]3CC[C@@H](N)CO3)c2c1. The molecule has 1 aliphatic rings. The molecule has 0 aliphatic carbocycles. The Morgan fingerprint density at radius 2 is 2.14 bits per heavy atom. The number of methoxy groups -OCH3 is 1. The molecule has 1 fully saturated rings. The zero-order valence-electron chi connectivity index (χ0n) is 17.6. The monoisotopic (exact) mass is 401 g/mol. The maximum atomic E-state index is 12.5. The molecule has 3 N–H and O–H groups in total. The first-order valence-electron chi connectivity index (χ1n) is 10.0. The lowest BCUT2D eigenvalue weighted by molar-refractivity contribution is -0.0203. The van der Waals surface area contributed by atoms with E-state index in [-0.39, 0.29) is 18.2 Å². The van der Waals surface area contributed by atoms with Crippen LogP contribution in [0.15, 0.2) is 30.5 Å². The lowest BCUT2D eigenvalue weighted by atomic mass is 9.93. The highest BCUT2D eigenvalue weighted by Gasteiger charge is 2.30. The number of aromatic nitrogens is 1. The molecule has 2 heterocycles. The topological polar surface area (TPSA) is 95.7 Å². The second-order valence-electron chi connectivity index (χ2n) is 8.52. The van der Waals surface area contributed by atoms with Gasteiger partial charge in [-0.2, -0.15) is 0 Å². The third-order valence-electron chi connectivity index (χ3n) is 4.98. The minimum atomic E-state index is -0.568. The number of benzene rings is 1. The average Bonchev–Trinajstić information content (AvgIpc) is 2.66. The van der Waals surface area contributed by atoms with Crippen molar-refractivity contribution in [3.8, 4) is 5.75 Å². The summed E-state index contributed by atoms with van der Waals surface area (Å²) >= 11 is 0. The third-order valence-corrected chi connectivity index (χ3v) is 4.98. The zero-order chi connectivity index (χ0) is 21.0. The van der Waals surface area contributed by atoms with Gasteiger partial charge in [0.1, 0.15) is 11.4 Å². The van der Waals surface area contributed by atoms with Crippen molar-refractivity contribution in [1.29, 1.82) is 0 Å². The van der Waals surface area contributed by atoms with Crippen LogP contribution in [0.2, 0.25) is 0 Å². The molecule has 0 radical (unpaired) electrons. The molecule has 1 amide bonds. The first-order valence-corrected chi connectivity index (χ1v) is 10.0. The fourth-order valence-corrected chi connectivity index (χ4v) is 3.57. The van der Waals surface area contributed by atoms with Crippen molar-refractivity contribution < 1.29 is 19.0 Å². The van der Waals surface area contributed by atoms with Crippen LogP contribution in [0.4, 0.5) is 4.79 Å². The Bertz CT molecular complexity index is 842. The molecular weight excluding hydrogens is 370 g/mol. The summed E-state index contributed by atoms with van der Waals surface area (Å²) < 4.78 is 16.8. The van der Waals surface area contributed by atoms with Gasteiger partial charge >= 0.3 is 6.09 Å². The van der Waals surface area contributed by atoms with Crippen molar-refractivity contribution in [2.24, 2.45) is 5.73 Å². The summed E-state index contributed by atoms with van der Waals surface area (Å²) in [5.41, 5.74) is 7.36. The molecule has 0 bridgehead atoms. The second kappa shape index (κ2) is 8.97. The molecular formula is C22H31N3O4. The van der Waals surface area contributed by atoms with Crippen LogP contribution in [0.1, 0.15) is 39.2 Å². The van der Waals surface area contributed by atoms with E-state index >= 15 is 0 Å². The number of nitrogens with two attached hydrogens (primary N) is 1. The van der Waals surface area contributed by atoms with Gasteiger partial charge in [0.25, 0.3) is 0 Å². The highest BCUT2D eigenvalue weighted by Crippen LogP contribution is 2.26. The number of alkyl carbamates (subject to hydrolysis) is 1. The van der Waals surface area contributed by atoms with Crippen LogP contribution in [0.5, 0.6) is 5.75 Å². The Kier molecular flexibility index (Phi) is 6.59. The van der Waals surface area contributed by atoms with Crippen molar-refractivity contribution in [3.63, 3.8) is 0 Å². The maximum Gasteiger partial charge on any atom is 0.407 e. The van der Waals surface area contributed by atoms with Crippen LogP contribution >= 0.6 is 0 Å². The number of fused-ring (bicyclic) bond motifs is 1. The van der Waals surface area contributed by atoms with Crippen LogP contribution in [-0.2, 0) is 15.9 Å². The second-order valence-corrected chi connectivity index (χ2v) is 8.52. The number of amides is 1. The van der Waals surface area contributed by atoms with E-state index in [0.29, 0.717) is 13.0 Å². The number of ether oxygens (including phenoxy) is 3. The van der Waals surface area contributed by atoms with E-state index in [1.54, 1.807) is 13.3 Å². The quantitative estimate of drug-likeness (QED) is 0.799. The van der Waals surface area contributed by atoms with Crippen molar-refractivity contribution in [2.75, 3.05) is 13.7 Å². The Hall–Kier alpha value is -2.38. The number of rotatable bonds is 5. The minimum Gasteiger partial charge on any atom is -0.497 e. The highest BCUT2D eigenvalue weighted by atomic mass is 16.6. The Balaban J connectivity index is 1.86. The van der Waals surface area contributed by atoms with Crippen LogP contribution in [0, 0.1) is 0 Å². The molecule has 0 unspecified atom stereocenters. The molecule has 1 saturated heterocycles. The smallest absolute Gasteiger partial charge is 0.407 e. The van der Waals surface area contributed by atoms with Gasteiger partial charge in [0.2, 0.25) is 0 Å². The van der Waals surface area contributed by atoms with E-state index in [0.717, 1.165) is 35.1 Å². The number of nitrogens with zero attached hydrogens (tertiary/aromatic N) is 1. The number of hydrogen-bond acceptors (Lipinski definition) is 6. The van der Waals surface area contributed by atoms with E-state index in [2.05, 4.69) is 10.3 Å². The van der Waals surface area contributed by atoms with Gasteiger partial charge in [-0.05, 0) is 69.9 Å². The van der Waals surface area contributed by atoms with E-state index in [1.807, 2.05) is 45.0 Å². The van der Waals surface area contributed by atoms with Crippen LogP contribution in [-0.4, -0.2) is 48.6 Å². The van der Waals surface area contributed by atoms with Gasteiger partial charge in [-0.15, -0.1) is 0 Å². The van der Waals surface area contributed by atoms with Crippen LogP contribution in [0.3, 0.4) is 0 Å². The van der Waals surface area contributed by atoms with Gasteiger partial charge in [0.05, 0.1) is 31.4 Å². The standard InChI is InChI=1S/C22H31N3O4/c1-22(2,3)29-21(26)25-19(20-8-5-15(23)13-28-20)11-14-9-10-24-18-7-6-16(27-4)12-17(14)18/h6-7,9-10,12,15,19-20H,5,8,11,13,23H2,1-4H3,(H,25,26)/t15-,19+,20+/m1/s1. The van der Waals surface area contributed by atoms with Crippen molar-refractivity contribution >= 4 is 17.0 Å². The van der Waals surface area contributed by atoms with Crippen molar-refractivity contribution in [1.82, 2.24) is 10.3 Å². The molecule has 7 nitrogen and oxygen atoms in total. The van der Waals surface area contributed by atoms with Crippen LogP contribution in [0.25, 0.3) is 10.9 Å². The Morgan fingerprint density at radius 3 is 2.79 bits per heavy atom. The molecule has 158 valence electrons. The van der Waals surface area contributed by atoms with Crippen molar-refractivity contribution in [2.45, 2.75) is 63.8 Å². The Morgan fingerprint density at radius 1 is 1.34 bits per heavy atom. The zero-order valence-corrected chi connectivity index (χ0v) is 17.6. The van der Waals surface area contributed by atoms with E-state index in [4.69, 9.17) is 19.9 Å². The van der Waals surface area contributed by atoms with Crippen molar-refractivity contribution in [3.05, 3.63) is 36.0 Å². The summed E-state index contributed by atoms with van der Waals surface area (Å²) in [6.45, 7) is 6.03. The molecule has 1 aromatic carbocycles. The predicted octanol–water partition coefficient (Wildman–Crippen LogP) is 3.19. The molecule has 3 rings (SSSR count). The average molecular weight is 402 g/mol. The molecule has 1 aromatic heterocycles. The molecule has 3 atom stereocenters. The van der Waals surface area contributed by atoms with E-state index in [1.165, 1.54) is 0 Å². The number of pyridine rings is 1. The van der Waals surface area contributed by atoms with Gasteiger partial charge in [0, 0.05) is 17.6 Å². The van der Waals surface area contributed by atoms with Gasteiger partial charge in [-0.1, -0.05) is 0 Å². The van der Waals surface area contributed by atoms with Crippen LogP contribution < -0.4 is 15.8 Å². The van der Waals surface area contributed by atoms with Gasteiger partial charge in [0.15, 0.2) is 0 Å². The summed E-state index contributed by atoms with van der Waals surface area (Å²) in [6, 6.07) is 7.57. The lowest BCUT2D eigenvalue weighted by Crippen LogP contribution is -2.50. The molecule has 1 aliphatic heterocycles. The maximum absolute atomic E-state index is 12.5. The number of hydrogen-bond donors (Lipinski definition) is 2. The van der Waals surface area contributed by atoms with E-state index in [9.17, 15) is 4.79 Å². The number of carbonyl (C=O) groups is 1. The predicted molar refractivity (Wildman–Crippen MR) is 112 cm³/mol. The molecule has 29 heavy (non-hydrogen) atoms. The lowest BCUT2D eigenvalue weighted by Gasteiger charge is -2.34. The summed E-state index contributed by atoms with van der Waals surface area (Å²) in [7, 11) is 1.64. The fraction of sp³-hybridized carbons (Fsp3) is 0.545. The summed E-state index contributed by atoms with van der Waals surface area (Å²) in [6.07, 6.45) is 3.45. The first kappa shape index (κ1) is 21.3. The summed E-state index contributed by atoms with van der Waals surface area (Å²) in [4.78, 5) is 16.9. The van der Waals surface area contributed by atoms with Gasteiger partial charge in [-0.25, -0.2) is 4.79 Å². The fourth-order valence-electron chi connectivity index (χ4n) is 3.57. The number of carbonyl (C=O) groups excluding carboxylic acids is 1. The Labute approximate surface area is 171 Å².